The van der Waals surface area contributed by atoms with Gasteiger partial charge in [-0.05, 0) is 30.3 Å². The standard InChI is InChI=1S/C24H26N6O3/c1-15(2)23-27-22(28-33-23)17-5-7-21(25-14-17)29-8-10-30(11-9-29)24(31)20-12-16-4-6-18(32-3)13-19(16)26-20/h4-7,12-15,26H,8-11H2,1-3H3. The van der Waals surface area contributed by atoms with Gasteiger partial charge in [0.25, 0.3) is 5.91 Å². The van der Waals surface area contributed by atoms with Crippen molar-refractivity contribution in [1.82, 2.24) is 25.0 Å². The Morgan fingerprint density at radius 2 is 1.94 bits per heavy atom. The summed E-state index contributed by atoms with van der Waals surface area (Å²) in [6.45, 7) is 6.71. The van der Waals surface area contributed by atoms with Gasteiger partial charge in [0.15, 0.2) is 0 Å². The van der Waals surface area contributed by atoms with Gasteiger partial charge in [-0.2, -0.15) is 4.98 Å². The fraction of sp³-hybridized carbons (Fsp3) is 0.333. The highest BCUT2D eigenvalue weighted by Crippen LogP contribution is 2.24. The first-order chi connectivity index (χ1) is 16.0. The number of hydrogen-bond donors (Lipinski definition) is 1. The molecule has 1 aromatic carbocycles. The number of amides is 1. The number of aromatic amines is 1. The lowest BCUT2D eigenvalue weighted by Gasteiger charge is -2.35. The molecule has 33 heavy (non-hydrogen) atoms. The van der Waals surface area contributed by atoms with Gasteiger partial charge in [0, 0.05) is 60.8 Å². The van der Waals surface area contributed by atoms with E-state index in [1.165, 1.54) is 0 Å². The molecule has 170 valence electrons. The maximum absolute atomic E-state index is 13.0. The molecule has 0 radical (unpaired) electrons. The number of methoxy groups -OCH3 is 1. The molecule has 1 aliphatic heterocycles. The summed E-state index contributed by atoms with van der Waals surface area (Å²) >= 11 is 0. The molecule has 0 spiro atoms. The van der Waals surface area contributed by atoms with Gasteiger partial charge in [0.05, 0.1) is 7.11 Å². The fourth-order valence-electron chi connectivity index (χ4n) is 3.95. The summed E-state index contributed by atoms with van der Waals surface area (Å²) in [6.07, 6.45) is 1.76. The average Bonchev–Trinajstić information content (AvgIpc) is 3.51. The van der Waals surface area contributed by atoms with Gasteiger partial charge in [-0.15, -0.1) is 0 Å². The van der Waals surface area contributed by atoms with Gasteiger partial charge < -0.3 is 24.0 Å². The maximum Gasteiger partial charge on any atom is 0.270 e. The Morgan fingerprint density at radius 1 is 1.12 bits per heavy atom. The van der Waals surface area contributed by atoms with Crippen LogP contribution in [0.4, 0.5) is 5.82 Å². The molecule has 1 fully saturated rings. The summed E-state index contributed by atoms with van der Waals surface area (Å²) in [5.41, 5.74) is 2.30. The van der Waals surface area contributed by atoms with Crippen molar-refractivity contribution in [2.24, 2.45) is 0 Å². The lowest BCUT2D eigenvalue weighted by molar-refractivity contribution is 0.0741. The number of pyridine rings is 1. The molecule has 0 aliphatic carbocycles. The molecule has 0 atom stereocenters. The Hall–Kier alpha value is -3.88. The van der Waals surface area contributed by atoms with Crippen LogP contribution >= 0.6 is 0 Å². The predicted molar refractivity (Wildman–Crippen MR) is 125 cm³/mol. The minimum absolute atomic E-state index is 0.00573. The zero-order valence-electron chi connectivity index (χ0n) is 18.9. The summed E-state index contributed by atoms with van der Waals surface area (Å²) < 4.78 is 10.5. The summed E-state index contributed by atoms with van der Waals surface area (Å²) in [5, 5.41) is 5.03. The van der Waals surface area contributed by atoms with Crippen LogP contribution in [0.2, 0.25) is 0 Å². The molecule has 1 saturated heterocycles. The highest BCUT2D eigenvalue weighted by atomic mass is 16.5. The lowest BCUT2D eigenvalue weighted by atomic mass is 10.2. The molecule has 9 nitrogen and oxygen atoms in total. The van der Waals surface area contributed by atoms with E-state index in [1.807, 2.05) is 55.1 Å². The zero-order valence-corrected chi connectivity index (χ0v) is 18.9. The zero-order chi connectivity index (χ0) is 22.9. The van der Waals surface area contributed by atoms with E-state index >= 15 is 0 Å². The molecule has 0 bridgehead atoms. The summed E-state index contributed by atoms with van der Waals surface area (Å²) in [4.78, 5) is 29.3. The van der Waals surface area contributed by atoms with E-state index in [1.54, 1.807) is 13.3 Å². The van der Waals surface area contributed by atoms with Crippen molar-refractivity contribution < 1.29 is 14.1 Å². The van der Waals surface area contributed by atoms with Crippen molar-refractivity contribution in [2.75, 3.05) is 38.2 Å². The minimum atomic E-state index is 0.00573. The van der Waals surface area contributed by atoms with Crippen molar-refractivity contribution in [1.29, 1.82) is 0 Å². The SMILES string of the molecule is COc1ccc2cc(C(=O)N3CCN(c4ccc(-c5noc(C(C)C)n5)cn4)CC3)[nH]c2c1. The second-order valence-electron chi connectivity index (χ2n) is 8.43. The van der Waals surface area contributed by atoms with Crippen molar-refractivity contribution in [2.45, 2.75) is 19.8 Å². The fourth-order valence-corrected chi connectivity index (χ4v) is 3.95. The first-order valence-corrected chi connectivity index (χ1v) is 11.0. The molecule has 4 heterocycles. The third-order valence-corrected chi connectivity index (χ3v) is 5.89. The van der Waals surface area contributed by atoms with Gasteiger partial charge in [-0.3, -0.25) is 4.79 Å². The van der Waals surface area contributed by atoms with E-state index in [0.29, 0.717) is 43.6 Å². The third-order valence-electron chi connectivity index (χ3n) is 5.89. The Bertz CT molecular complexity index is 1270. The van der Waals surface area contributed by atoms with Crippen LogP contribution in [-0.4, -0.2) is 64.2 Å². The first kappa shape index (κ1) is 21.0. The van der Waals surface area contributed by atoms with Crippen LogP contribution in [0.3, 0.4) is 0 Å². The van der Waals surface area contributed by atoms with Gasteiger partial charge in [0.2, 0.25) is 11.7 Å². The molecule has 1 N–H and O–H groups in total. The Labute approximate surface area is 191 Å². The molecule has 4 aromatic rings. The van der Waals surface area contributed by atoms with Crippen LogP contribution in [0.25, 0.3) is 22.3 Å². The Morgan fingerprint density at radius 3 is 2.61 bits per heavy atom. The number of hydrogen-bond acceptors (Lipinski definition) is 7. The van der Waals surface area contributed by atoms with Crippen LogP contribution in [0.5, 0.6) is 5.75 Å². The van der Waals surface area contributed by atoms with E-state index in [4.69, 9.17) is 9.26 Å². The van der Waals surface area contributed by atoms with Crippen molar-refractivity contribution in [3.63, 3.8) is 0 Å². The molecule has 0 saturated carbocycles. The highest BCUT2D eigenvalue weighted by molar-refractivity contribution is 5.98. The van der Waals surface area contributed by atoms with E-state index in [0.717, 1.165) is 28.0 Å². The molecular weight excluding hydrogens is 420 g/mol. The van der Waals surface area contributed by atoms with Crippen LogP contribution in [0, 0.1) is 0 Å². The van der Waals surface area contributed by atoms with E-state index in [2.05, 4.69) is 25.0 Å². The van der Waals surface area contributed by atoms with Gasteiger partial charge in [-0.1, -0.05) is 19.0 Å². The predicted octanol–water partition coefficient (Wildman–Crippen LogP) is 3.71. The lowest BCUT2D eigenvalue weighted by Crippen LogP contribution is -2.49. The number of nitrogens with zero attached hydrogens (tertiary/aromatic N) is 5. The van der Waals surface area contributed by atoms with E-state index in [9.17, 15) is 4.79 Å². The van der Waals surface area contributed by atoms with Gasteiger partial charge in [-0.25, -0.2) is 4.98 Å². The van der Waals surface area contributed by atoms with Crippen molar-refractivity contribution >= 4 is 22.6 Å². The van der Waals surface area contributed by atoms with Crippen LogP contribution in [-0.2, 0) is 0 Å². The van der Waals surface area contributed by atoms with E-state index in [-0.39, 0.29) is 11.8 Å². The number of carbonyl (C=O) groups is 1. The highest BCUT2D eigenvalue weighted by Gasteiger charge is 2.24. The number of aromatic nitrogens is 4. The monoisotopic (exact) mass is 446 g/mol. The number of benzene rings is 1. The summed E-state index contributed by atoms with van der Waals surface area (Å²) in [5.74, 6) is 2.98. The van der Waals surface area contributed by atoms with Crippen LogP contribution < -0.4 is 9.64 Å². The number of carbonyl (C=O) groups excluding carboxylic acids is 1. The van der Waals surface area contributed by atoms with Gasteiger partial charge in [0.1, 0.15) is 17.3 Å². The number of ether oxygens (including phenoxy) is 1. The molecule has 1 aliphatic rings. The largest absolute Gasteiger partial charge is 0.497 e. The smallest absolute Gasteiger partial charge is 0.270 e. The molecule has 0 unspecified atom stereocenters. The Balaban J connectivity index is 1.23. The Kier molecular flexibility index (Phi) is 5.45. The number of H-pyrrole nitrogens is 1. The molecule has 3 aromatic heterocycles. The van der Waals surface area contributed by atoms with E-state index < -0.39 is 0 Å². The third kappa shape index (κ3) is 4.13. The number of fused-ring (bicyclic) bond motifs is 1. The minimum Gasteiger partial charge on any atom is -0.497 e. The number of rotatable bonds is 5. The first-order valence-electron chi connectivity index (χ1n) is 11.0. The van der Waals surface area contributed by atoms with Crippen LogP contribution in [0.1, 0.15) is 36.1 Å². The molecule has 1 amide bonds. The topological polar surface area (TPSA) is 100 Å². The van der Waals surface area contributed by atoms with Gasteiger partial charge >= 0.3 is 0 Å². The molecule has 5 rings (SSSR count). The molecule has 9 heteroatoms. The summed E-state index contributed by atoms with van der Waals surface area (Å²) in [6, 6.07) is 11.6. The van der Waals surface area contributed by atoms with Crippen molar-refractivity contribution in [3.8, 4) is 17.1 Å². The summed E-state index contributed by atoms with van der Waals surface area (Å²) in [7, 11) is 1.63. The second-order valence-corrected chi connectivity index (χ2v) is 8.43. The number of nitrogens with one attached hydrogen (secondary N) is 1. The number of piperazine rings is 1. The average molecular weight is 447 g/mol. The number of anilines is 1. The second kappa shape index (κ2) is 8.57. The van der Waals surface area contributed by atoms with Crippen molar-refractivity contribution in [3.05, 3.63) is 54.2 Å². The molecular formula is C24H26N6O3. The van der Waals surface area contributed by atoms with Crippen LogP contribution in [0.15, 0.2) is 47.1 Å². The quantitative estimate of drug-likeness (QED) is 0.499. The maximum atomic E-state index is 13.0. The normalized spacial score (nSPS) is 14.3.